The maximum absolute atomic E-state index is 12.9. The second-order valence-corrected chi connectivity index (χ2v) is 12.4. The largest absolute Gasteiger partial charge is 0.494 e. The quantitative estimate of drug-likeness (QED) is 0.0851. The fraction of sp³-hybridized carbons (Fsp3) is 0.471. The standard InChI is InChI=1S/C34H44O4S2/c1-4-6-8-10-11-13-25-37-29-19-15-27(16-20-29)31-23-24-32(40-31)34(36)39-30-21-17-28(18-22-30)33(35)38-26(3)14-12-9-7-5-2/h15-24,26H,4-14,25H2,1-3H3. The van der Waals surface area contributed by atoms with E-state index in [9.17, 15) is 9.59 Å². The molecule has 3 aromatic rings. The zero-order valence-electron chi connectivity index (χ0n) is 24.3. The number of carbonyl (C=O) groups excluding carboxylic acids is 2. The summed E-state index contributed by atoms with van der Waals surface area (Å²) in [7, 11) is 0. The summed E-state index contributed by atoms with van der Waals surface area (Å²) in [6, 6.07) is 19.1. The van der Waals surface area contributed by atoms with Crippen molar-refractivity contribution in [3.8, 4) is 16.2 Å². The Kier molecular flexibility index (Phi) is 14.4. The van der Waals surface area contributed by atoms with Gasteiger partial charge >= 0.3 is 5.97 Å². The van der Waals surface area contributed by atoms with Crippen LogP contribution < -0.4 is 4.74 Å². The Hall–Kier alpha value is -2.57. The number of unbranched alkanes of at least 4 members (excludes halogenated alkanes) is 8. The molecule has 1 aromatic heterocycles. The number of esters is 1. The molecule has 0 amide bonds. The summed E-state index contributed by atoms with van der Waals surface area (Å²) in [5.41, 5.74) is 1.58. The molecule has 0 aliphatic rings. The minimum Gasteiger partial charge on any atom is -0.494 e. The lowest BCUT2D eigenvalue weighted by Gasteiger charge is -2.13. The number of benzene rings is 2. The van der Waals surface area contributed by atoms with E-state index in [-0.39, 0.29) is 17.2 Å². The molecule has 0 fully saturated rings. The van der Waals surface area contributed by atoms with Crippen LogP contribution in [0.2, 0.25) is 0 Å². The predicted octanol–water partition coefficient (Wildman–Crippen LogP) is 10.6. The lowest BCUT2D eigenvalue weighted by molar-refractivity contribution is 0.0319. The zero-order chi connectivity index (χ0) is 28.6. The molecule has 0 aliphatic carbocycles. The summed E-state index contributed by atoms with van der Waals surface area (Å²) in [4.78, 5) is 27.9. The van der Waals surface area contributed by atoms with Crippen molar-refractivity contribution in [1.82, 2.24) is 0 Å². The van der Waals surface area contributed by atoms with Gasteiger partial charge in [0, 0.05) is 9.77 Å². The molecule has 0 radical (unpaired) electrons. The maximum Gasteiger partial charge on any atom is 0.338 e. The minimum atomic E-state index is -0.312. The number of thiophene rings is 1. The molecule has 3 rings (SSSR count). The Labute approximate surface area is 248 Å². The van der Waals surface area contributed by atoms with Gasteiger partial charge in [-0.05, 0) is 104 Å². The van der Waals surface area contributed by atoms with Crippen LogP contribution >= 0.6 is 23.1 Å². The molecule has 2 aromatic carbocycles. The first-order valence-electron chi connectivity index (χ1n) is 14.9. The van der Waals surface area contributed by atoms with Crippen molar-refractivity contribution in [3.63, 3.8) is 0 Å². The number of rotatable bonds is 18. The van der Waals surface area contributed by atoms with Gasteiger partial charge in [-0.3, -0.25) is 4.79 Å². The van der Waals surface area contributed by atoms with Crippen molar-refractivity contribution < 1.29 is 19.1 Å². The van der Waals surface area contributed by atoms with Gasteiger partial charge in [0.25, 0.3) is 0 Å². The molecule has 216 valence electrons. The van der Waals surface area contributed by atoms with Crippen LogP contribution in [-0.4, -0.2) is 23.8 Å². The highest BCUT2D eigenvalue weighted by atomic mass is 32.2. The van der Waals surface area contributed by atoms with E-state index in [2.05, 4.69) is 13.8 Å². The Morgan fingerprint density at radius 3 is 2.12 bits per heavy atom. The second kappa shape index (κ2) is 18.0. The normalized spacial score (nSPS) is 11.8. The molecule has 0 saturated carbocycles. The van der Waals surface area contributed by atoms with E-state index in [4.69, 9.17) is 9.47 Å². The van der Waals surface area contributed by atoms with Crippen LogP contribution in [0.5, 0.6) is 5.75 Å². The van der Waals surface area contributed by atoms with Gasteiger partial charge in [-0.15, -0.1) is 11.3 Å². The number of hydrogen-bond donors (Lipinski definition) is 0. The highest BCUT2D eigenvalue weighted by molar-refractivity contribution is 8.14. The molecule has 40 heavy (non-hydrogen) atoms. The van der Waals surface area contributed by atoms with E-state index in [1.54, 1.807) is 12.1 Å². The van der Waals surface area contributed by atoms with Crippen LogP contribution in [0.3, 0.4) is 0 Å². The number of carbonyl (C=O) groups is 2. The van der Waals surface area contributed by atoms with Gasteiger partial charge in [-0.2, -0.15) is 0 Å². The molecule has 1 heterocycles. The van der Waals surface area contributed by atoms with E-state index in [0.717, 1.165) is 47.0 Å². The fourth-order valence-corrected chi connectivity index (χ4v) is 6.13. The third-order valence-electron chi connectivity index (χ3n) is 6.79. The summed E-state index contributed by atoms with van der Waals surface area (Å²) >= 11 is 2.66. The van der Waals surface area contributed by atoms with Crippen molar-refractivity contribution >= 4 is 34.2 Å². The second-order valence-electron chi connectivity index (χ2n) is 10.3. The van der Waals surface area contributed by atoms with E-state index in [0.29, 0.717) is 10.4 Å². The molecule has 1 unspecified atom stereocenters. The van der Waals surface area contributed by atoms with Crippen molar-refractivity contribution in [2.45, 2.75) is 102 Å². The van der Waals surface area contributed by atoms with Crippen molar-refractivity contribution in [1.29, 1.82) is 0 Å². The molecule has 1 atom stereocenters. The Morgan fingerprint density at radius 1 is 0.775 bits per heavy atom. The van der Waals surface area contributed by atoms with Crippen LogP contribution in [0.1, 0.15) is 111 Å². The summed E-state index contributed by atoms with van der Waals surface area (Å²) in [5, 5.41) is -0.00818. The minimum absolute atomic E-state index is 0.00818. The first-order valence-corrected chi connectivity index (χ1v) is 16.5. The highest BCUT2D eigenvalue weighted by Gasteiger charge is 2.15. The first kappa shape index (κ1) is 32.0. The van der Waals surface area contributed by atoms with Gasteiger partial charge in [-0.1, -0.05) is 65.2 Å². The summed E-state index contributed by atoms with van der Waals surface area (Å²) < 4.78 is 11.5. The zero-order valence-corrected chi connectivity index (χ0v) is 25.9. The van der Waals surface area contributed by atoms with Gasteiger partial charge in [0.15, 0.2) is 0 Å². The van der Waals surface area contributed by atoms with Gasteiger partial charge in [0.1, 0.15) is 5.75 Å². The highest BCUT2D eigenvalue weighted by Crippen LogP contribution is 2.33. The van der Waals surface area contributed by atoms with E-state index >= 15 is 0 Å². The van der Waals surface area contributed by atoms with Crippen LogP contribution in [0.15, 0.2) is 65.6 Å². The van der Waals surface area contributed by atoms with Gasteiger partial charge in [0.05, 0.1) is 23.2 Å². The lowest BCUT2D eigenvalue weighted by atomic mass is 10.1. The summed E-state index contributed by atoms with van der Waals surface area (Å²) in [6.45, 7) is 7.12. The Balaban J connectivity index is 1.44. The van der Waals surface area contributed by atoms with Crippen LogP contribution in [0.4, 0.5) is 0 Å². The number of thioether (sulfide) groups is 1. The average Bonchev–Trinajstić information content (AvgIpc) is 3.46. The molecular weight excluding hydrogens is 537 g/mol. The molecule has 0 spiro atoms. The lowest BCUT2D eigenvalue weighted by Crippen LogP contribution is -2.15. The molecule has 6 heteroatoms. The van der Waals surface area contributed by atoms with Crippen molar-refractivity contribution in [2.75, 3.05) is 6.61 Å². The van der Waals surface area contributed by atoms with Crippen LogP contribution in [0.25, 0.3) is 10.4 Å². The van der Waals surface area contributed by atoms with E-state index in [1.165, 1.54) is 74.5 Å². The third-order valence-corrected chi connectivity index (χ3v) is 8.96. The summed E-state index contributed by atoms with van der Waals surface area (Å²) in [6.07, 6.45) is 12.9. The topological polar surface area (TPSA) is 52.6 Å². The fourth-order valence-electron chi connectivity index (χ4n) is 4.38. The Morgan fingerprint density at radius 2 is 1.43 bits per heavy atom. The van der Waals surface area contributed by atoms with Crippen molar-refractivity contribution in [2.24, 2.45) is 0 Å². The van der Waals surface area contributed by atoms with Gasteiger partial charge in [0.2, 0.25) is 5.12 Å². The molecule has 0 bridgehead atoms. The smallest absolute Gasteiger partial charge is 0.338 e. The number of ether oxygens (including phenoxy) is 2. The molecule has 0 saturated heterocycles. The number of hydrogen-bond acceptors (Lipinski definition) is 6. The van der Waals surface area contributed by atoms with Gasteiger partial charge in [-0.25, -0.2) is 4.79 Å². The molecule has 0 aliphatic heterocycles. The third kappa shape index (κ3) is 11.1. The van der Waals surface area contributed by atoms with E-state index < -0.39 is 0 Å². The first-order chi connectivity index (χ1) is 19.5. The molecular formula is C34H44O4S2. The monoisotopic (exact) mass is 580 g/mol. The Bertz CT molecular complexity index is 1150. The summed E-state index contributed by atoms with van der Waals surface area (Å²) in [5.74, 6) is 0.571. The maximum atomic E-state index is 12.9. The van der Waals surface area contributed by atoms with E-state index in [1.807, 2.05) is 55.5 Å². The predicted molar refractivity (Wildman–Crippen MR) is 169 cm³/mol. The molecule has 4 nitrogen and oxygen atoms in total. The van der Waals surface area contributed by atoms with Gasteiger partial charge < -0.3 is 9.47 Å². The van der Waals surface area contributed by atoms with Crippen molar-refractivity contribution in [3.05, 3.63) is 71.1 Å². The molecule has 0 N–H and O–H groups in total. The van der Waals surface area contributed by atoms with Crippen LogP contribution in [0, 0.1) is 0 Å². The SMILES string of the molecule is CCCCCCCCOc1ccc(-c2ccc(C(=O)Sc3ccc(C(=O)OC(C)CCCCCC)cc3)s2)cc1. The van der Waals surface area contributed by atoms with Crippen LogP contribution in [-0.2, 0) is 4.74 Å². The average molecular weight is 581 g/mol.